The zero-order valence-corrected chi connectivity index (χ0v) is 9.22. The molecule has 0 aliphatic carbocycles. The van der Waals surface area contributed by atoms with E-state index in [4.69, 9.17) is 9.84 Å². The van der Waals surface area contributed by atoms with Gasteiger partial charge in [-0.1, -0.05) is 18.2 Å². The molecule has 0 amide bonds. The average Bonchev–Trinajstić information content (AvgIpc) is 2.30. The number of aliphatic carboxylic acids is 1. The molecule has 16 heavy (non-hydrogen) atoms. The number of ether oxygens (including phenoxy) is 1. The van der Waals surface area contributed by atoms with Crippen molar-refractivity contribution in [2.45, 2.75) is 13.0 Å². The number of anilines is 1. The molecule has 4 heteroatoms. The summed E-state index contributed by atoms with van der Waals surface area (Å²) in [4.78, 5) is 12.9. The summed E-state index contributed by atoms with van der Waals surface area (Å²) >= 11 is 0. The first-order valence-electron chi connectivity index (χ1n) is 5.33. The second-order valence-corrected chi connectivity index (χ2v) is 3.93. The maximum atomic E-state index is 10.9. The fourth-order valence-corrected chi connectivity index (χ4v) is 1.94. The van der Waals surface area contributed by atoms with Crippen LogP contribution in [0.3, 0.4) is 0 Å². The van der Waals surface area contributed by atoms with E-state index < -0.39 is 12.1 Å². The van der Waals surface area contributed by atoms with Gasteiger partial charge >= 0.3 is 5.97 Å². The molecule has 4 nitrogen and oxygen atoms in total. The molecule has 1 aromatic rings. The van der Waals surface area contributed by atoms with E-state index in [2.05, 4.69) is 4.90 Å². The minimum atomic E-state index is -0.890. The topological polar surface area (TPSA) is 49.8 Å². The molecule has 1 saturated heterocycles. The fourth-order valence-electron chi connectivity index (χ4n) is 1.94. The molecule has 0 spiro atoms. The zero-order chi connectivity index (χ0) is 11.5. The summed E-state index contributed by atoms with van der Waals surface area (Å²) < 4.78 is 5.19. The highest BCUT2D eigenvalue weighted by Gasteiger charge is 2.26. The van der Waals surface area contributed by atoms with Gasteiger partial charge in [0.2, 0.25) is 0 Å². The van der Waals surface area contributed by atoms with Crippen LogP contribution in [-0.2, 0) is 9.53 Å². The third-order valence-corrected chi connectivity index (χ3v) is 2.80. The molecular weight excluding hydrogens is 206 g/mol. The second kappa shape index (κ2) is 4.53. The van der Waals surface area contributed by atoms with Gasteiger partial charge in [-0.05, 0) is 18.6 Å². The summed E-state index contributed by atoms with van der Waals surface area (Å²) in [6, 6.07) is 7.99. The first-order chi connectivity index (χ1) is 7.68. The minimum absolute atomic E-state index is 0.417. The number of hydrogen-bond acceptors (Lipinski definition) is 3. The van der Waals surface area contributed by atoms with Gasteiger partial charge in [0.05, 0.1) is 13.2 Å². The predicted octanol–water partition coefficient (Wildman–Crippen LogP) is 1.28. The standard InChI is InChI=1S/C12H15NO3/c1-9-4-2-3-5-10(9)13-6-7-16-11(8-13)12(14)15/h2-5,11H,6-8H2,1H3,(H,14,15)/t11-/m1/s1. The van der Waals surface area contributed by atoms with Gasteiger partial charge in [-0.2, -0.15) is 0 Å². The van der Waals surface area contributed by atoms with Gasteiger partial charge in [0.1, 0.15) is 0 Å². The van der Waals surface area contributed by atoms with Crippen LogP contribution >= 0.6 is 0 Å². The number of benzene rings is 1. The quantitative estimate of drug-likeness (QED) is 0.817. The van der Waals surface area contributed by atoms with Crippen LogP contribution in [-0.4, -0.2) is 36.9 Å². The van der Waals surface area contributed by atoms with Crippen molar-refractivity contribution in [3.05, 3.63) is 29.8 Å². The molecule has 0 aromatic heterocycles. The van der Waals surface area contributed by atoms with Gasteiger partial charge < -0.3 is 14.7 Å². The predicted molar refractivity (Wildman–Crippen MR) is 60.8 cm³/mol. The Morgan fingerprint density at radius 1 is 1.50 bits per heavy atom. The Bertz CT molecular complexity index is 392. The number of carbonyl (C=O) groups is 1. The van der Waals surface area contributed by atoms with E-state index in [1.165, 1.54) is 0 Å². The minimum Gasteiger partial charge on any atom is -0.479 e. The van der Waals surface area contributed by atoms with Crippen LogP contribution in [0, 0.1) is 6.92 Å². The fraction of sp³-hybridized carbons (Fsp3) is 0.417. The number of para-hydroxylation sites is 1. The van der Waals surface area contributed by atoms with Gasteiger partial charge in [-0.15, -0.1) is 0 Å². The summed E-state index contributed by atoms with van der Waals surface area (Å²) in [5, 5.41) is 8.92. The Hall–Kier alpha value is -1.55. The van der Waals surface area contributed by atoms with Crippen molar-refractivity contribution in [2.75, 3.05) is 24.6 Å². The van der Waals surface area contributed by atoms with Crippen LogP contribution in [0.5, 0.6) is 0 Å². The van der Waals surface area contributed by atoms with E-state index in [1.54, 1.807) is 0 Å². The van der Waals surface area contributed by atoms with E-state index in [9.17, 15) is 4.79 Å². The van der Waals surface area contributed by atoms with Crippen LogP contribution in [0.1, 0.15) is 5.56 Å². The Morgan fingerprint density at radius 2 is 2.25 bits per heavy atom. The summed E-state index contributed by atoms with van der Waals surface area (Å²) in [5.74, 6) is -0.890. The Morgan fingerprint density at radius 3 is 2.94 bits per heavy atom. The van der Waals surface area contributed by atoms with Gasteiger partial charge in [0, 0.05) is 12.2 Å². The monoisotopic (exact) mass is 221 g/mol. The number of aryl methyl sites for hydroxylation is 1. The molecule has 1 heterocycles. The van der Waals surface area contributed by atoms with Crippen molar-refractivity contribution in [3.8, 4) is 0 Å². The molecule has 1 aromatic carbocycles. The van der Waals surface area contributed by atoms with Crippen LogP contribution in [0.2, 0.25) is 0 Å². The maximum absolute atomic E-state index is 10.9. The first kappa shape index (κ1) is 11.0. The molecule has 0 bridgehead atoms. The first-order valence-corrected chi connectivity index (χ1v) is 5.33. The summed E-state index contributed by atoms with van der Waals surface area (Å²) in [7, 11) is 0. The highest BCUT2D eigenvalue weighted by molar-refractivity contribution is 5.73. The molecule has 1 atom stereocenters. The lowest BCUT2D eigenvalue weighted by molar-refractivity contribution is -0.150. The van der Waals surface area contributed by atoms with Crippen molar-refractivity contribution in [2.24, 2.45) is 0 Å². The zero-order valence-electron chi connectivity index (χ0n) is 9.22. The SMILES string of the molecule is Cc1ccccc1N1CCO[C@@H](C(=O)O)C1. The molecule has 1 aliphatic rings. The molecule has 0 unspecified atom stereocenters. The summed E-state index contributed by atoms with van der Waals surface area (Å²) in [5.41, 5.74) is 2.26. The number of morpholine rings is 1. The van der Waals surface area contributed by atoms with Crippen molar-refractivity contribution in [1.82, 2.24) is 0 Å². The average molecular weight is 221 g/mol. The van der Waals surface area contributed by atoms with Crippen molar-refractivity contribution in [3.63, 3.8) is 0 Å². The Kier molecular flexibility index (Phi) is 3.10. The van der Waals surface area contributed by atoms with E-state index >= 15 is 0 Å². The lowest BCUT2D eigenvalue weighted by atomic mass is 10.1. The maximum Gasteiger partial charge on any atom is 0.334 e. The normalized spacial score (nSPS) is 20.8. The highest BCUT2D eigenvalue weighted by Crippen LogP contribution is 2.21. The Labute approximate surface area is 94.4 Å². The van der Waals surface area contributed by atoms with Crippen molar-refractivity contribution in [1.29, 1.82) is 0 Å². The highest BCUT2D eigenvalue weighted by atomic mass is 16.5. The van der Waals surface area contributed by atoms with Crippen LogP contribution in [0.25, 0.3) is 0 Å². The number of carboxylic acids is 1. The van der Waals surface area contributed by atoms with Crippen LogP contribution in [0.15, 0.2) is 24.3 Å². The third kappa shape index (κ3) is 2.17. The molecule has 2 rings (SSSR count). The molecule has 0 radical (unpaired) electrons. The van der Waals surface area contributed by atoms with Gasteiger partial charge in [0.25, 0.3) is 0 Å². The molecule has 1 aliphatic heterocycles. The molecular formula is C12H15NO3. The van der Waals surface area contributed by atoms with E-state index in [-0.39, 0.29) is 0 Å². The van der Waals surface area contributed by atoms with E-state index in [0.717, 1.165) is 17.8 Å². The Balaban J connectivity index is 2.16. The lowest BCUT2D eigenvalue weighted by Gasteiger charge is -2.33. The number of hydrogen-bond donors (Lipinski definition) is 1. The molecule has 86 valence electrons. The smallest absolute Gasteiger partial charge is 0.334 e. The summed E-state index contributed by atoms with van der Waals surface area (Å²) in [6.45, 7) is 3.65. The number of nitrogens with zero attached hydrogens (tertiary/aromatic N) is 1. The number of rotatable bonds is 2. The number of carboxylic acid groups (broad SMARTS) is 1. The van der Waals surface area contributed by atoms with E-state index in [0.29, 0.717) is 13.2 Å². The largest absolute Gasteiger partial charge is 0.479 e. The van der Waals surface area contributed by atoms with Gasteiger partial charge in [-0.25, -0.2) is 4.79 Å². The molecule has 1 fully saturated rings. The van der Waals surface area contributed by atoms with Crippen molar-refractivity contribution >= 4 is 11.7 Å². The van der Waals surface area contributed by atoms with Gasteiger partial charge in [0.15, 0.2) is 6.10 Å². The lowest BCUT2D eigenvalue weighted by Crippen LogP contribution is -2.46. The van der Waals surface area contributed by atoms with Crippen molar-refractivity contribution < 1.29 is 14.6 Å². The second-order valence-electron chi connectivity index (χ2n) is 3.93. The molecule has 0 saturated carbocycles. The summed E-state index contributed by atoms with van der Waals surface area (Å²) in [6.07, 6.45) is -0.714. The molecule has 1 N–H and O–H groups in total. The van der Waals surface area contributed by atoms with E-state index in [1.807, 2.05) is 31.2 Å². The van der Waals surface area contributed by atoms with Crippen LogP contribution < -0.4 is 4.90 Å². The third-order valence-electron chi connectivity index (χ3n) is 2.80. The van der Waals surface area contributed by atoms with Gasteiger partial charge in [-0.3, -0.25) is 0 Å². The van der Waals surface area contributed by atoms with Crippen LogP contribution in [0.4, 0.5) is 5.69 Å².